The fourth-order valence-corrected chi connectivity index (χ4v) is 1.28. The number of benzene rings is 2. The minimum absolute atomic E-state index is 0.781. The highest BCUT2D eigenvalue weighted by Gasteiger charge is 1.93. The fourth-order valence-electron chi connectivity index (χ4n) is 1.28. The maximum Gasteiger partial charge on any atom is 0.121 e. The molecule has 0 aliphatic carbocycles. The molecule has 2 aromatic carbocycles. The summed E-state index contributed by atoms with van der Waals surface area (Å²) in [6.07, 6.45) is 0. The maximum absolute atomic E-state index is 5.11. The van der Waals surface area contributed by atoms with Crippen LogP contribution in [0.3, 0.4) is 0 Å². The summed E-state index contributed by atoms with van der Waals surface area (Å²) in [6.45, 7) is 0. The highest BCUT2D eigenvalue weighted by Crippen LogP contribution is 2.21. The van der Waals surface area contributed by atoms with E-state index in [0.29, 0.717) is 0 Å². The minimum Gasteiger partial charge on any atom is -0.497 e. The molecule has 0 bridgehead atoms. The van der Waals surface area contributed by atoms with Crippen molar-refractivity contribution in [2.45, 2.75) is 0 Å². The molecule has 2 aromatic rings. The Kier molecular flexibility index (Phi) is 3.28. The summed E-state index contributed by atoms with van der Waals surface area (Å²) in [4.78, 5) is 0. The highest BCUT2D eigenvalue weighted by molar-refractivity contribution is 5.44. The molecule has 0 aliphatic rings. The fraction of sp³-hybridized carbons (Fsp3) is 0.0769. The number of methoxy groups -OCH3 is 1. The van der Waals surface area contributed by atoms with Gasteiger partial charge in [-0.25, -0.2) is 0 Å². The van der Waals surface area contributed by atoms with Gasteiger partial charge in [0, 0.05) is 6.07 Å². The molecule has 0 spiro atoms. The molecule has 0 N–H and O–H groups in total. The summed E-state index contributed by atoms with van der Waals surface area (Å²) in [5.41, 5.74) is 1.62. The lowest BCUT2D eigenvalue weighted by Gasteiger charge is -1.98. The van der Waals surface area contributed by atoms with Crippen molar-refractivity contribution >= 4 is 11.4 Å². The molecule has 0 unspecified atom stereocenters. The molecule has 0 fully saturated rings. The summed E-state index contributed by atoms with van der Waals surface area (Å²) in [5.74, 6) is 0.782. The van der Waals surface area contributed by atoms with E-state index in [1.54, 1.807) is 7.11 Å². The number of azo groups is 1. The van der Waals surface area contributed by atoms with Crippen LogP contribution in [0.1, 0.15) is 0 Å². The van der Waals surface area contributed by atoms with E-state index in [1.807, 2.05) is 54.6 Å². The van der Waals surface area contributed by atoms with Crippen molar-refractivity contribution in [3.8, 4) is 5.75 Å². The van der Waals surface area contributed by atoms with E-state index in [9.17, 15) is 0 Å². The van der Waals surface area contributed by atoms with Crippen LogP contribution in [0.25, 0.3) is 0 Å². The first-order valence-electron chi connectivity index (χ1n) is 4.99. The summed E-state index contributed by atoms with van der Waals surface area (Å²) in [6, 6.07) is 17.1. The van der Waals surface area contributed by atoms with Gasteiger partial charge >= 0.3 is 0 Å². The monoisotopic (exact) mass is 212 g/mol. The predicted molar refractivity (Wildman–Crippen MR) is 63.6 cm³/mol. The molecule has 3 nitrogen and oxygen atoms in total. The average molecular weight is 212 g/mol. The first-order valence-corrected chi connectivity index (χ1v) is 4.99. The van der Waals surface area contributed by atoms with Crippen LogP contribution in [0.5, 0.6) is 5.75 Å². The maximum atomic E-state index is 5.11. The van der Waals surface area contributed by atoms with Crippen molar-refractivity contribution in [1.29, 1.82) is 0 Å². The van der Waals surface area contributed by atoms with E-state index in [1.165, 1.54) is 0 Å². The van der Waals surface area contributed by atoms with E-state index in [-0.39, 0.29) is 0 Å². The Bertz CT molecular complexity index is 480. The van der Waals surface area contributed by atoms with Crippen molar-refractivity contribution in [2.24, 2.45) is 10.2 Å². The molecule has 2 rings (SSSR count). The minimum atomic E-state index is 0.781. The van der Waals surface area contributed by atoms with E-state index in [0.717, 1.165) is 17.1 Å². The Morgan fingerprint density at radius 2 is 1.50 bits per heavy atom. The van der Waals surface area contributed by atoms with Crippen molar-refractivity contribution in [2.75, 3.05) is 7.11 Å². The first-order chi connectivity index (χ1) is 7.88. The Morgan fingerprint density at radius 3 is 2.25 bits per heavy atom. The molecule has 16 heavy (non-hydrogen) atoms. The Hall–Kier alpha value is -2.16. The second-order valence-electron chi connectivity index (χ2n) is 3.24. The molecule has 0 heterocycles. The second-order valence-corrected chi connectivity index (χ2v) is 3.24. The molecule has 0 atom stereocenters. The number of hydrogen-bond donors (Lipinski definition) is 0. The van der Waals surface area contributed by atoms with Crippen molar-refractivity contribution in [3.63, 3.8) is 0 Å². The van der Waals surface area contributed by atoms with Crippen LogP contribution in [-0.2, 0) is 0 Å². The molecule has 0 aliphatic heterocycles. The third-order valence-electron chi connectivity index (χ3n) is 2.09. The van der Waals surface area contributed by atoms with Crippen LogP contribution in [-0.4, -0.2) is 7.11 Å². The molecule has 80 valence electrons. The number of nitrogens with zero attached hydrogens (tertiary/aromatic N) is 2. The lowest BCUT2D eigenvalue weighted by atomic mass is 10.3. The zero-order valence-corrected chi connectivity index (χ0v) is 9.00. The topological polar surface area (TPSA) is 34.0 Å². The van der Waals surface area contributed by atoms with Gasteiger partial charge in [-0.1, -0.05) is 24.3 Å². The zero-order chi connectivity index (χ0) is 11.2. The molecule has 0 saturated carbocycles. The van der Waals surface area contributed by atoms with Crippen LogP contribution in [0.15, 0.2) is 64.8 Å². The Morgan fingerprint density at radius 1 is 0.812 bits per heavy atom. The van der Waals surface area contributed by atoms with Gasteiger partial charge in [-0.2, -0.15) is 10.2 Å². The van der Waals surface area contributed by atoms with Gasteiger partial charge in [0.05, 0.1) is 18.5 Å². The van der Waals surface area contributed by atoms with Crippen molar-refractivity contribution < 1.29 is 4.74 Å². The van der Waals surface area contributed by atoms with Gasteiger partial charge < -0.3 is 4.74 Å². The van der Waals surface area contributed by atoms with E-state index >= 15 is 0 Å². The SMILES string of the molecule is COc1cccc(/N=N/c2ccccc2)c1. The summed E-state index contributed by atoms with van der Waals surface area (Å²) >= 11 is 0. The number of hydrogen-bond acceptors (Lipinski definition) is 3. The predicted octanol–water partition coefficient (Wildman–Crippen LogP) is 4.11. The van der Waals surface area contributed by atoms with Crippen LogP contribution in [0.2, 0.25) is 0 Å². The van der Waals surface area contributed by atoms with Crippen LogP contribution in [0, 0.1) is 0 Å². The van der Waals surface area contributed by atoms with Gasteiger partial charge in [0.2, 0.25) is 0 Å². The van der Waals surface area contributed by atoms with Gasteiger partial charge in [0.15, 0.2) is 0 Å². The largest absolute Gasteiger partial charge is 0.497 e. The molecular formula is C13H12N2O. The second kappa shape index (κ2) is 5.07. The number of rotatable bonds is 3. The van der Waals surface area contributed by atoms with Gasteiger partial charge in [-0.05, 0) is 24.3 Å². The third kappa shape index (κ3) is 2.67. The third-order valence-corrected chi connectivity index (χ3v) is 2.09. The van der Waals surface area contributed by atoms with E-state index in [2.05, 4.69) is 10.2 Å². The molecule has 0 amide bonds. The van der Waals surface area contributed by atoms with Gasteiger partial charge in [-0.3, -0.25) is 0 Å². The summed E-state index contributed by atoms with van der Waals surface area (Å²) in [5, 5.41) is 8.25. The molecular weight excluding hydrogens is 200 g/mol. The standard InChI is InChI=1S/C13H12N2O/c1-16-13-9-5-8-12(10-13)15-14-11-6-3-2-4-7-11/h2-10H,1H3/b15-14+. The van der Waals surface area contributed by atoms with Gasteiger partial charge in [-0.15, -0.1) is 0 Å². The van der Waals surface area contributed by atoms with Crippen LogP contribution < -0.4 is 4.74 Å². The lowest BCUT2D eigenvalue weighted by molar-refractivity contribution is 0.415. The smallest absolute Gasteiger partial charge is 0.121 e. The summed E-state index contributed by atoms with van der Waals surface area (Å²) < 4.78 is 5.11. The van der Waals surface area contributed by atoms with Gasteiger partial charge in [0.25, 0.3) is 0 Å². The Balaban J connectivity index is 2.17. The van der Waals surface area contributed by atoms with Crippen molar-refractivity contribution in [1.82, 2.24) is 0 Å². The van der Waals surface area contributed by atoms with E-state index in [4.69, 9.17) is 4.74 Å². The van der Waals surface area contributed by atoms with Crippen molar-refractivity contribution in [3.05, 3.63) is 54.6 Å². The van der Waals surface area contributed by atoms with E-state index < -0.39 is 0 Å². The van der Waals surface area contributed by atoms with Gasteiger partial charge in [0.1, 0.15) is 5.75 Å². The first kappa shape index (κ1) is 10.4. The molecule has 3 heteroatoms. The number of ether oxygens (including phenoxy) is 1. The van der Waals surface area contributed by atoms with Crippen LogP contribution >= 0.6 is 0 Å². The average Bonchev–Trinajstić information content (AvgIpc) is 2.38. The normalized spacial score (nSPS) is 10.6. The van der Waals surface area contributed by atoms with Crippen LogP contribution in [0.4, 0.5) is 11.4 Å². The lowest BCUT2D eigenvalue weighted by Crippen LogP contribution is -1.79. The zero-order valence-electron chi connectivity index (χ0n) is 9.00. The quantitative estimate of drug-likeness (QED) is 0.705. The molecule has 0 radical (unpaired) electrons. The summed E-state index contributed by atoms with van der Waals surface area (Å²) in [7, 11) is 1.63. The highest BCUT2D eigenvalue weighted by atomic mass is 16.5. The molecule has 0 saturated heterocycles. The molecule has 0 aromatic heterocycles. The Labute approximate surface area is 94.4 Å².